The fourth-order valence-electron chi connectivity index (χ4n) is 3.13. The average molecular weight is 366 g/mol. The third kappa shape index (κ3) is 3.53. The number of hydrogen-bond donors (Lipinski definition) is 1. The first kappa shape index (κ1) is 18.6. The average Bonchev–Trinajstić information content (AvgIpc) is 2.66. The molecule has 0 saturated heterocycles. The first-order valence-corrected chi connectivity index (χ1v) is 8.85. The predicted molar refractivity (Wildman–Crippen MR) is 105 cm³/mol. The molecule has 0 fully saturated rings. The maximum Gasteiger partial charge on any atom is 0.332 e. The number of benzene rings is 1. The van der Waals surface area contributed by atoms with Gasteiger partial charge in [0, 0.05) is 20.3 Å². The van der Waals surface area contributed by atoms with Crippen LogP contribution in [0.5, 0.6) is 0 Å². The summed E-state index contributed by atoms with van der Waals surface area (Å²) in [4.78, 5) is 41.9. The van der Waals surface area contributed by atoms with Crippen molar-refractivity contribution in [1.82, 2.24) is 14.1 Å². The zero-order chi connectivity index (χ0) is 19.6. The molecule has 7 heteroatoms. The maximum atomic E-state index is 12.8. The lowest BCUT2D eigenvalue weighted by Crippen LogP contribution is -2.38. The predicted octanol–water partition coefficient (Wildman–Crippen LogP) is 1.77. The monoisotopic (exact) mass is 366 g/mol. The first-order valence-electron chi connectivity index (χ1n) is 8.85. The quantitative estimate of drug-likeness (QED) is 0.746. The topological polar surface area (TPSA) is 86.0 Å². The van der Waals surface area contributed by atoms with Gasteiger partial charge in [0.25, 0.3) is 5.56 Å². The van der Waals surface area contributed by atoms with Crippen molar-refractivity contribution >= 4 is 22.6 Å². The number of nitrogens with zero attached hydrogens (tertiary/aromatic N) is 3. The Labute approximate surface area is 156 Å². The summed E-state index contributed by atoms with van der Waals surface area (Å²) in [5, 5.41) is 3.15. The van der Waals surface area contributed by atoms with Crippen LogP contribution in [0.4, 0.5) is 5.69 Å². The minimum absolute atomic E-state index is 0.197. The van der Waals surface area contributed by atoms with Crippen LogP contribution in [-0.4, -0.2) is 20.0 Å². The van der Waals surface area contributed by atoms with Gasteiger partial charge in [-0.25, -0.2) is 9.78 Å². The first-order chi connectivity index (χ1) is 12.9. The van der Waals surface area contributed by atoms with Gasteiger partial charge < -0.3 is 5.32 Å². The molecule has 0 aliphatic heterocycles. The van der Waals surface area contributed by atoms with Crippen LogP contribution in [0.1, 0.15) is 24.5 Å². The smallest absolute Gasteiger partial charge is 0.325 e. The van der Waals surface area contributed by atoms with Gasteiger partial charge in [-0.15, -0.1) is 0 Å². The van der Waals surface area contributed by atoms with Crippen molar-refractivity contribution in [3.63, 3.8) is 0 Å². The number of hydrogen-bond acceptors (Lipinski definition) is 4. The van der Waals surface area contributed by atoms with Gasteiger partial charge in [-0.05, 0) is 17.5 Å². The number of carbonyl (C=O) groups is 1. The van der Waals surface area contributed by atoms with E-state index in [1.54, 1.807) is 13.2 Å². The molecule has 3 aromatic rings. The third-order valence-corrected chi connectivity index (χ3v) is 4.54. The van der Waals surface area contributed by atoms with Gasteiger partial charge in [0.05, 0.1) is 12.1 Å². The van der Waals surface area contributed by atoms with Crippen LogP contribution in [0.15, 0.2) is 46.1 Å². The molecule has 1 N–H and O–H groups in total. The van der Waals surface area contributed by atoms with Gasteiger partial charge in [0.2, 0.25) is 5.91 Å². The van der Waals surface area contributed by atoms with E-state index < -0.39 is 11.2 Å². The summed E-state index contributed by atoms with van der Waals surface area (Å²) < 4.78 is 2.35. The van der Waals surface area contributed by atoms with Crippen LogP contribution >= 0.6 is 0 Å². The zero-order valence-corrected chi connectivity index (χ0v) is 15.7. The third-order valence-electron chi connectivity index (χ3n) is 4.54. The van der Waals surface area contributed by atoms with Crippen molar-refractivity contribution in [3.8, 4) is 0 Å². The molecule has 1 amide bonds. The molecule has 0 aliphatic rings. The second-order valence-electron chi connectivity index (χ2n) is 6.52. The Bertz CT molecular complexity index is 1110. The largest absolute Gasteiger partial charge is 0.332 e. The molecule has 0 saturated carbocycles. The van der Waals surface area contributed by atoms with Crippen LogP contribution in [0.3, 0.4) is 0 Å². The SMILES string of the molecule is CCCc1cnc2c(c1NC(=O)Cc1ccccc1)c(=O)n(C)c(=O)n2C. The number of anilines is 1. The molecule has 27 heavy (non-hydrogen) atoms. The highest BCUT2D eigenvalue weighted by molar-refractivity contribution is 6.01. The van der Waals surface area contributed by atoms with Crippen molar-refractivity contribution in [2.45, 2.75) is 26.2 Å². The number of amides is 1. The Kier molecular flexibility index (Phi) is 5.21. The fraction of sp³-hybridized carbons (Fsp3) is 0.300. The van der Waals surface area contributed by atoms with E-state index in [1.165, 1.54) is 11.6 Å². The summed E-state index contributed by atoms with van der Waals surface area (Å²) in [6.07, 6.45) is 3.32. The van der Waals surface area contributed by atoms with E-state index in [-0.39, 0.29) is 23.4 Å². The number of pyridine rings is 1. The number of nitrogens with one attached hydrogen (secondary N) is 1. The second-order valence-corrected chi connectivity index (χ2v) is 6.52. The number of aromatic nitrogens is 3. The Hall–Kier alpha value is -3.22. The van der Waals surface area contributed by atoms with Crippen molar-refractivity contribution in [2.75, 3.05) is 5.32 Å². The number of rotatable bonds is 5. The lowest BCUT2D eigenvalue weighted by atomic mass is 10.1. The Morgan fingerprint density at radius 3 is 2.48 bits per heavy atom. The van der Waals surface area contributed by atoms with Crippen molar-refractivity contribution in [2.24, 2.45) is 14.1 Å². The van der Waals surface area contributed by atoms with Gasteiger partial charge in [-0.1, -0.05) is 43.7 Å². The molecule has 3 rings (SSSR count). The molecule has 2 heterocycles. The molecule has 2 aromatic heterocycles. The second kappa shape index (κ2) is 7.57. The standard InChI is InChI=1S/C20H22N4O3/c1-4-8-14-12-21-18-16(19(26)24(3)20(27)23(18)2)17(14)22-15(25)11-13-9-6-5-7-10-13/h5-7,9-10,12H,4,8,11H2,1-3H3,(H,21,22,25). The Balaban J connectivity index is 2.14. The van der Waals surface area contributed by atoms with Crippen LogP contribution < -0.4 is 16.6 Å². The van der Waals surface area contributed by atoms with E-state index >= 15 is 0 Å². The molecule has 1 aromatic carbocycles. The summed E-state index contributed by atoms with van der Waals surface area (Å²) >= 11 is 0. The molecule has 0 bridgehead atoms. The minimum atomic E-state index is -0.464. The van der Waals surface area contributed by atoms with E-state index in [4.69, 9.17) is 0 Å². The molecule has 140 valence electrons. The summed E-state index contributed by atoms with van der Waals surface area (Å²) in [6.45, 7) is 2.01. The van der Waals surface area contributed by atoms with E-state index in [0.717, 1.165) is 22.1 Å². The summed E-state index contributed by atoms with van der Waals surface area (Å²) in [5.41, 5.74) is 1.45. The van der Waals surface area contributed by atoms with Crippen molar-refractivity contribution in [3.05, 3.63) is 68.5 Å². The fourth-order valence-corrected chi connectivity index (χ4v) is 3.13. The molecule has 0 unspecified atom stereocenters. The summed E-state index contributed by atoms with van der Waals surface area (Å²) in [6, 6.07) is 9.39. The number of fused-ring (bicyclic) bond motifs is 1. The van der Waals surface area contributed by atoms with Crippen LogP contribution in [0, 0.1) is 0 Å². The van der Waals surface area contributed by atoms with E-state index in [0.29, 0.717) is 12.1 Å². The van der Waals surface area contributed by atoms with Crippen molar-refractivity contribution < 1.29 is 4.79 Å². The highest BCUT2D eigenvalue weighted by Crippen LogP contribution is 2.24. The zero-order valence-electron chi connectivity index (χ0n) is 15.7. The number of carbonyl (C=O) groups excluding carboxylic acids is 1. The Morgan fingerprint density at radius 1 is 1.11 bits per heavy atom. The number of aryl methyl sites for hydroxylation is 2. The van der Waals surface area contributed by atoms with Crippen LogP contribution in [-0.2, 0) is 31.7 Å². The molecule has 0 radical (unpaired) electrons. The van der Waals surface area contributed by atoms with E-state index in [9.17, 15) is 14.4 Å². The van der Waals surface area contributed by atoms with Gasteiger partial charge in [0.15, 0.2) is 5.65 Å². The van der Waals surface area contributed by atoms with Gasteiger partial charge >= 0.3 is 5.69 Å². The normalized spacial score (nSPS) is 10.9. The minimum Gasteiger partial charge on any atom is -0.325 e. The summed E-state index contributed by atoms with van der Waals surface area (Å²) in [7, 11) is 2.98. The van der Waals surface area contributed by atoms with E-state index in [1.807, 2.05) is 37.3 Å². The highest BCUT2D eigenvalue weighted by atomic mass is 16.2. The van der Waals surface area contributed by atoms with Gasteiger partial charge in [-0.3, -0.25) is 18.7 Å². The van der Waals surface area contributed by atoms with Gasteiger partial charge in [0.1, 0.15) is 5.39 Å². The molecular weight excluding hydrogens is 344 g/mol. The molecule has 0 atom stereocenters. The van der Waals surface area contributed by atoms with E-state index in [2.05, 4.69) is 10.3 Å². The van der Waals surface area contributed by atoms with Crippen LogP contribution in [0.25, 0.3) is 11.0 Å². The summed E-state index contributed by atoms with van der Waals surface area (Å²) in [5.74, 6) is -0.220. The van der Waals surface area contributed by atoms with Gasteiger partial charge in [-0.2, -0.15) is 0 Å². The maximum absolute atomic E-state index is 12.8. The molecular formula is C20H22N4O3. The van der Waals surface area contributed by atoms with Crippen molar-refractivity contribution in [1.29, 1.82) is 0 Å². The molecule has 0 spiro atoms. The Morgan fingerprint density at radius 2 is 1.81 bits per heavy atom. The molecule has 0 aliphatic carbocycles. The lowest BCUT2D eigenvalue weighted by Gasteiger charge is -2.15. The van der Waals surface area contributed by atoms with Crippen LogP contribution in [0.2, 0.25) is 0 Å². The lowest BCUT2D eigenvalue weighted by molar-refractivity contribution is -0.115. The molecule has 7 nitrogen and oxygen atoms in total. The highest BCUT2D eigenvalue weighted by Gasteiger charge is 2.18.